The van der Waals surface area contributed by atoms with Crippen molar-refractivity contribution in [2.75, 3.05) is 44.2 Å². The Kier molecular flexibility index (Phi) is 6.56. The van der Waals surface area contributed by atoms with Gasteiger partial charge in [-0.1, -0.05) is 12.0 Å². The van der Waals surface area contributed by atoms with Crippen molar-refractivity contribution in [3.8, 4) is 35.2 Å². The van der Waals surface area contributed by atoms with Gasteiger partial charge in [-0.15, -0.1) is 6.42 Å². The molecule has 4 heterocycles. The molecule has 228 valence electrons. The molecule has 3 saturated heterocycles. The van der Waals surface area contributed by atoms with Crippen LogP contribution in [0.15, 0.2) is 30.3 Å². The number of hydrogen-bond donors (Lipinski definition) is 2. The topological polar surface area (TPSA) is 78.1 Å². The molecule has 4 fully saturated rings. The summed E-state index contributed by atoms with van der Waals surface area (Å²) in [5.41, 5.74) is -0.00197. The Bertz CT molecular complexity index is 1950. The number of rotatable bonds is 7. The van der Waals surface area contributed by atoms with Crippen molar-refractivity contribution in [1.82, 2.24) is 20.2 Å². The summed E-state index contributed by atoms with van der Waals surface area (Å²) in [5, 5.41) is 15.3. The van der Waals surface area contributed by atoms with E-state index in [4.69, 9.17) is 22.7 Å². The molecule has 2 unspecified atom stereocenters. The highest BCUT2D eigenvalue weighted by Gasteiger charge is 2.46. The van der Waals surface area contributed by atoms with Crippen LogP contribution >= 0.6 is 0 Å². The SMILES string of the molecule is [C-]#[N+]c1cc2c(N3CC4CCC(C3)N4)nc(OCC3(CN4CCC4)CC3)nc2c(F)c1-c1cc(O)cc2ccc(F)c(C#C)c12. The summed E-state index contributed by atoms with van der Waals surface area (Å²) in [6.45, 7) is 13.1. The summed E-state index contributed by atoms with van der Waals surface area (Å²) in [4.78, 5) is 17.7. The van der Waals surface area contributed by atoms with Crippen LogP contribution in [0.5, 0.6) is 11.8 Å². The lowest BCUT2D eigenvalue weighted by Crippen LogP contribution is -2.51. The van der Waals surface area contributed by atoms with Gasteiger partial charge < -0.3 is 25.0 Å². The van der Waals surface area contributed by atoms with E-state index >= 15 is 4.39 Å². The van der Waals surface area contributed by atoms with Crippen molar-refractivity contribution < 1.29 is 18.6 Å². The lowest BCUT2D eigenvalue weighted by atomic mass is 9.92. The molecule has 8 rings (SSSR count). The minimum absolute atomic E-state index is 0.00558. The molecule has 1 aromatic heterocycles. The second-order valence-corrected chi connectivity index (χ2v) is 13.0. The molecule has 10 heteroatoms. The van der Waals surface area contributed by atoms with Gasteiger partial charge in [0.2, 0.25) is 0 Å². The quantitative estimate of drug-likeness (QED) is 0.204. The number of nitrogens with one attached hydrogen (secondary N) is 1. The molecule has 3 aliphatic heterocycles. The third-order valence-corrected chi connectivity index (χ3v) is 9.94. The van der Waals surface area contributed by atoms with E-state index in [1.54, 1.807) is 6.07 Å². The first-order valence-electron chi connectivity index (χ1n) is 15.5. The molecule has 2 N–H and O–H groups in total. The Labute approximate surface area is 259 Å². The number of terminal acetylenes is 1. The van der Waals surface area contributed by atoms with Crippen molar-refractivity contribution in [1.29, 1.82) is 0 Å². The van der Waals surface area contributed by atoms with E-state index in [9.17, 15) is 9.50 Å². The van der Waals surface area contributed by atoms with Crippen LogP contribution in [-0.4, -0.2) is 71.4 Å². The zero-order valence-electron chi connectivity index (χ0n) is 24.7. The summed E-state index contributed by atoms with van der Waals surface area (Å²) in [5.74, 6) is 1.33. The van der Waals surface area contributed by atoms with Crippen LogP contribution in [0.2, 0.25) is 0 Å². The van der Waals surface area contributed by atoms with E-state index in [1.807, 2.05) is 0 Å². The minimum atomic E-state index is -0.772. The highest BCUT2D eigenvalue weighted by atomic mass is 19.1. The molecule has 4 aliphatic rings. The average Bonchev–Trinajstić information content (AvgIpc) is 3.71. The van der Waals surface area contributed by atoms with E-state index in [0.717, 1.165) is 45.3 Å². The van der Waals surface area contributed by atoms with Gasteiger partial charge in [-0.25, -0.2) is 13.6 Å². The van der Waals surface area contributed by atoms with E-state index in [-0.39, 0.29) is 50.5 Å². The average molecular weight is 607 g/mol. The number of halogens is 2. The van der Waals surface area contributed by atoms with Crippen molar-refractivity contribution >= 4 is 33.2 Å². The van der Waals surface area contributed by atoms with Gasteiger partial charge in [0.25, 0.3) is 0 Å². The second kappa shape index (κ2) is 10.5. The minimum Gasteiger partial charge on any atom is -0.508 e. The number of anilines is 1. The Morgan fingerprint density at radius 2 is 1.91 bits per heavy atom. The fourth-order valence-electron chi connectivity index (χ4n) is 7.32. The Morgan fingerprint density at radius 1 is 1.13 bits per heavy atom. The number of piperazine rings is 1. The van der Waals surface area contributed by atoms with Crippen LogP contribution in [0.25, 0.3) is 37.6 Å². The fourth-order valence-corrected chi connectivity index (χ4v) is 7.32. The molecule has 45 heavy (non-hydrogen) atoms. The smallest absolute Gasteiger partial charge is 0.319 e. The van der Waals surface area contributed by atoms with E-state index in [2.05, 4.69) is 30.9 Å². The first-order valence-corrected chi connectivity index (χ1v) is 15.5. The maximum Gasteiger partial charge on any atom is 0.319 e. The summed E-state index contributed by atoms with van der Waals surface area (Å²) >= 11 is 0. The first-order chi connectivity index (χ1) is 21.8. The first kappa shape index (κ1) is 28.0. The molecule has 0 spiro atoms. The maximum absolute atomic E-state index is 17.0. The van der Waals surface area contributed by atoms with Crippen molar-refractivity contribution in [3.05, 3.63) is 58.9 Å². The zero-order valence-corrected chi connectivity index (χ0v) is 24.7. The molecule has 1 saturated carbocycles. The van der Waals surface area contributed by atoms with Crippen molar-refractivity contribution in [2.24, 2.45) is 5.41 Å². The molecule has 2 bridgehead atoms. The summed E-state index contributed by atoms with van der Waals surface area (Å²) in [7, 11) is 0. The zero-order chi connectivity index (χ0) is 30.9. The Balaban J connectivity index is 1.30. The standard InChI is InChI=1S/C35H32F2N6O2/c1-3-24-27(36)8-5-20-13-23(44)14-25(29(20)24)30-28(38-2)15-26-32(31(30)37)40-34(45-19-35(9-10-35)18-42-11-4-12-42)41-33(26)43-16-21-6-7-22(17-43)39-21/h1,5,8,13-15,21-22,39,44H,4,6-7,9-12,16-19H2. The van der Waals surface area contributed by atoms with Gasteiger partial charge in [-0.3, -0.25) is 0 Å². The van der Waals surface area contributed by atoms with Gasteiger partial charge in [0, 0.05) is 53.5 Å². The number of phenols is 1. The molecule has 0 radical (unpaired) electrons. The Hall–Kier alpha value is -4.51. The second-order valence-electron chi connectivity index (χ2n) is 13.0. The number of fused-ring (bicyclic) bond motifs is 4. The predicted octanol–water partition coefficient (Wildman–Crippen LogP) is 5.77. The monoisotopic (exact) mass is 606 g/mol. The van der Waals surface area contributed by atoms with Gasteiger partial charge in [-0.2, -0.15) is 9.97 Å². The van der Waals surface area contributed by atoms with Gasteiger partial charge in [0.1, 0.15) is 28.7 Å². The number of phenolic OH excluding ortho intramolecular Hbond substituents is 1. The number of hydrogen-bond acceptors (Lipinski definition) is 7. The van der Waals surface area contributed by atoms with E-state index in [0.29, 0.717) is 48.4 Å². The third-order valence-electron chi connectivity index (χ3n) is 9.94. The fraction of sp³-hybridized carbons (Fsp3) is 0.400. The number of aromatic hydroxyl groups is 1. The van der Waals surface area contributed by atoms with Gasteiger partial charge >= 0.3 is 6.01 Å². The van der Waals surface area contributed by atoms with E-state index < -0.39 is 11.6 Å². The van der Waals surface area contributed by atoms with Crippen LogP contribution < -0.4 is 15.0 Å². The number of nitrogens with zero attached hydrogens (tertiary/aromatic N) is 5. The summed E-state index contributed by atoms with van der Waals surface area (Å²) in [6, 6.07) is 7.73. The number of aromatic nitrogens is 2. The lowest BCUT2D eigenvalue weighted by Gasteiger charge is -2.35. The van der Waals surface area contributed by atoms with Crippen molar-refractivity contribution in [2.45, 2.75) is 44.2 Å². The summed E-state index contributed by atoms with van der Waals surface area (Å²) in [6.07, 6.45) is 11.2. The largest absolute Gasteiger partial charge is 0.508 e. The maximum atomic E-state index is 17.0. The van der Waals surface area contributed by atoms with Crippen LogP contribution in [0, 0.1) is 36.0 Å². The van der Waals surface area contributed by atoms with Gasteiger partial charge in [0.15, 0.2) is 5.69 Å². The predicted molar refractivity (Wildman–Crippen MR) is 169 cm³/mol. The van der Waals surface area contributed by atoms with Crippen LogP contribution in [0.1, 0.15) is 37.7 Å². The highest BCUT2D eigenvalue weighted by molar-refractivity contribution is 6.07. The number of likely N-dealkylation sites (tertiary alicyclic amines) is 1. The normalized spacial score (nSPS) is 21.8. The molecule has 1 aliphatic carbocycles. The highest BCUT2D eigenvalue weighted by Crippen LogP contribution is 2.48. The van der Waals surface area contributed by atoms with Crippen LogP contribution in [-0.2, 0) is 0 Å². The van der Waals surface area contributed by atoms with Crippen LogP contribution in [0.4, 0.5) is 20.3 Å². The molecule has 0 amide bonds. The molecule has 3 aromatic carbocycles. The molecular formula is C35H32F2N6O2. The summed E-state index contributed by atoms with van der Waals surface area (Å²) < 4.78 is 38.2. The molecular weight excluding hydrogens is 574 g/mol. The molecule has 8 nitrogen and oxygen atoms in total. The lowest BCUT2D eigenvalue weighted by molar-refractivity contribution is 0.111. The number of benzene rings is 3. The van der Waals surface area contributed by atoms with Crippen LogP contribution in [0.3, 0.4) is 0 Å². The number of ether oxygens (including phenoxy) is 1. The van der Waals surface area contributed by atoms with E-state index in [1.165, 1.54) is 30.7 Å². The molecule has 2 atom stereocenters. The molecule has 4 aromatic rings. The van der Waals surface area contributed by atoms with Gasteiger partial charge in [-0.05, 0) is 80.4 Å². The third kappa shape index (κ3) is 4.80. The Morgan fingerprint density at radius 3 is 2.58 bits per heavy atom. The van der Waals surface area contributed by atoms with Gasteiger partial charge in [0.05, 0.1) is 18.7 Å². The van der Waals surface area contributed by atoms with Crippen molar-refractivity contribution in [3.63, 3.8) is 0 Å².